The van der Waals surface area contributed by atoms with Gasteiger partial charge in [-0.2, -0.15) is 5.10 Å². The van der Waals surface area contributed by atoms with Crippen LogP contribution in [0.5, 0.6) is 0 Å². The van der Waals surface area contributed by atoms with E-state index in [9.17, 15) is 4.79 Å². The number of carbonyl (C=O) groups is 1. The van der Waals surface area contributed by atoms with Crippen LogP contribution >= 0.6 is 0 Å². The van der Waals surface area contributed by atoms with Gasteiger partial charge in [-0.15, -0.1) is 0 Å². The van der Waals surface area contributed by atoms with Crippen LogP contribution in [-0.4, -0.2) is 71.3 Å². The third-order valence-electron chi connectivity index (χ3n) is 5.00. The first kappa shape index (κ1) is 16.5. The molecule has 0 saturated carbocycles. The summed E-state index contributed by atoms with van der Waals surface area (Å²) in [6.45, 7) is 8.60. The van der Waals surface area contributed by atoms with Crippen molar-refractivity contribution >= 4 is 5.91 Å². The lowest BCUT2D eigenvalue weighted by molar-refractivity contribution is -0.135. The van der Waals surface area contributed by atoms with Gasteiger partial charge in [-0.05, 0) is 38.7 Å². The van der Waals surface area contributed by atoms with Gasteiger partial charge in [0.15, 0.2) is 0 Å². The molecule has 6 heteroatoms. The van der Waals surface area contributed by atoms with Crippen LogP contribution in [0.3, 0.4) is 0 Å². The van der Waals surface area contributed by atoms with Gasteiger partial charge in [-0.25, -0.2) is 0 Å². The summed E-state index contributed by atoms with van der Waals surface area (Å²) in [6, 6.07) is 0. The Balaban J connectivity index is 1.48. The molecule has 1 aliphatic heterocycles. The first-order valence-electron chi connectivity index (χ1n) is 8.57. The van der Waals surface area contributed by atoms with Gasteiger partial charge in [0.05, 0.1) is 18.4 Å². The minimum Gasteiger partial charge on any atom is -0.373 e. The highest BCUT2D eigenvalue weighted by atomic mass is 16.5. The maximum absolute atomic E-state index is 12.7. The number of hydrogen-bond acceptors (Lipinski definition) is 4. The van der Waals surface area contributed by atoms with Gasteiger partial charge in [0, 0.05) is 44.8 Å². The van der Waals surface area contributed by atoms with Gasteiger partial charge in [0.1, 0.15) is 0 Å². The Kier molecular flexibility index (Phi) is 4.73. The molecule has 23 heavy (non-hydrogen) atoms. The maximum atomic E-state index is 12.7. The first-order valence-corrected chi connectivity index (χ1v) is 8.57. The summed E-state index contributed by atoms with van der Waals surface area (Å²) in [5, 5.41) is 7.11. The molecule has 1 aromatic heterocycles. The molecule has 2 aliphatic rings. The molecule has 1 N–H and O–H groups in total. The minimum absolute atomic E-state index is 0.0815. The van der Waals surface area contributed by atoms with Gasteiger partial charge in [-0.3, -0.25) is 14.8 Å². The van der Waals surface area contributed by atoms with Crippen molar-refractivity contribution in [1.29, 1.82) is 0 Å². The first-order chi connectivity index (χ1) is 10.9. The molecule has 1 aliphatic carbocycles. The second-order valence-corrected chi connectivity index (χ2v) is 7.46. The fraction of sp³-hybridized carbons (Fsp3) is 0.765. The topological polar surface area (TPSA) is 61.5 Å². The van der Waals surface area contributed by atoms with Crippen LogP contribution < -0.4 is 0 Å². The lowest BCUT2D eigenvalue weighted by atomic mass is 9.87. The number of amides is 1. The molecule has 3 rings (SSSR count). The Morgan fingerprint density at radius 3 is 3.17 bits per heavy atom. The van der Waals surface area contributed by atoms with Gasteiger partial charge in [-0.1, -0.05) is 0 Å². The number of H-pyrrole nitrogens is 1. The van der Waals surface area contributed by atoms with Crippen molar-refractivity contribution in [3.63, 3.8) is 0 Å². The van der Waals surface area contributed by atoms with E-state index in [4.69, 9.17) is 4.74 Å². The lowest BCUT2D eigenvalue weighted by Gasteiger charge is -2.39. The SMILES string of the molecule is CN(CCN1CCOC(C)(C)C1)C(=O)C1CCc2[nH]ncc2C1. The maximum Gasteiger partial charge on any atom is 0.225 e. The fourth-order valence-electron chi connectivity index (χ4n) is 3.65. The molecule has 0 aromatic carbocycles. The standard InChI is InChI=1S/C17H28N4O2/c1-17(2)12-21(8-9-23-17)7-6-20(3)16(22)13-4-5-15-14(10-13)11-18-19-15/h11,13H,4-10,12H2,1-3H3,(H,18,19). The monoisotopic (exact) mass is 320 g/mol. The van der Waals surface area contributed by atoms with E-state index in [1.807, 2.05) is 18.1 Å². The molecule has 1 saturated heterocycles. The van der Waals surface area contributed by atoms with Gasteiger partial charge >= 0.3 is 0 Å². The van der Waals surface area contributed by atoms with E-state index in [2.05, 4.69) is 28.9 Å². The third-order valence-corrected chi connectivity index (χ3v) is 5.00. The van der Waals surface area contributed by atoms with E-state index in [0.717, 1.165) is 52.0 Å². The number of carbonyl (C=O) groups excluding carboxylic acids is 1. The zero-order valence-corrected chi connectivity index (χ0v) is 14.5. The molecule has 0 radical (unpaired) electrons. The smallest absolute Gasteiger partial charge is 0.225 e. The summed E-state index contributed by atoms with van der Waals surface area (Å²) in [5.41, 5.74) is 2.33. The molecule has 2 heterocycles. The summed E-state index contributed by atoms with van der Waals surface area (Å²) >= 11 is 0. The zero-order chi connectivity index (χ0) is 16.4. The number of hydrogen-bond donors (Lipinski definition) is 1. The van der Waals surface area contributed by atoms with E-state index in [1.54, 1.807) is 0 Å². The van der Waals surface area contributed by atoms with Crippen molar-refractivity contribution in [3.8, 4) is 0 Å². The number of rotatable bonds is 4. The zero-order valence-electron chi connectivity index (χ0n) is 14.5. The van der Waals surface area contributed by atoms with Crippen molar-refractivity contribution in [2.24, 2.45) is 5.92 Å². The van der Waals surface area contributed by atoms with Gasteiger partial charge in [0.25, 0.3) is 0 Å². The molecule has 1 amide bonds. The second-order valence-electron chi connectivity index (χ2n) is 7.46. The number of ether oxygens (including phenoxy) is 1. The van der Waals surface area contributed by atoms with E-state index in [0.29, 0.717) is 0 Å². The number of aromatic nitrogens is 2. The number of likely N-dealkylation sites (N-methyl/N-ethyl adjacent to an activating group) is 1. The molecule has 6 nitrogen and oxygen atoms in total. The Hall–Kier alpha value is -1.40. The van der Waals surface area contributed by atoms with Gasteiger partial charge in [0.2, 0.25) is 5.91 Å². The Morgan fingerprint density at radius 1 is 1.57 bits per heavy atom. The van der Waals surface area contributed by atoms with Gasteiger partial charge < -0.3 is 9.64 Å². The van der Waals surface area contributed by atoms with Crippen LogP contribution in [0.4, 0.5) is 0 Å². The molecule has 1 unspecified atom stereocenters. The number of aryl methyl sites for hydroxylation is 1. The average Bonchev–Trinajstić information content (AvgIpc) is 2.98. The van der Waals surface area contributed by atoms with E-state index >= 15 is 0 Å². The summed E-state index contributed by atoms with van der Waals surface area (Å²) < 4.78 is 5.74. The Labute approximate surface area is 138 Å². The largest absolute Gasteiger partial charge is 0.373 e. The minimum atomic E-state index is -0.0815. The average molecular weight is 320 g/mol. The van der Waals surface area contributed by atoms with E-state index in [1.165, 1.54) is 11.3 Å². The molecule has 1 fully saturated rings. The van der Waals surface area contributed by atoms with Crippen molar-refractivity contribution in [3.05, 3.63) is 17.5 Å². The highest BCUT2D eigenvalue weighted by Gasteiger charge is 2.30. The number of nitrogens with zero attached hydrogens (tertiary/aromatic N) is 3. The summed E-state index contributed by atoms with van der Waals surface area (Å²) in [6.07, 6.45) is 4.53. The van der Waals surface area contributed by atoms with E-state index in [-0.39, 0.29) is 17.4 Å². The fourth-order valence-corrected chi connectivity index (χ4v) is 3.65. The van der Waals surface area contributed by atoms with Crippen molar-refractivity contribution < 1.29 is 9.53 Å². The molecule has 128 valence electrons. The molecule has 0 spiro atoms. The Bertz CT molecular complexity index is 555. The van der Waals surface area contributed by atoms with Crippen molar-refractivity contribution in [2.45, 2.75) is 38.7 Å². The number of aromatic amines is 1. The Morgan fingerprint density at radius 2 is 2.39 bits per heavy atom. The highest BCUT2D eigenvalue weighted by Crippen LogP contribution is 2.25. The summed E-state index contributed by atoms with van der Waals surface area (Å²) in [5.74, 6) is 0.371. The normalized spacial score (nSPS) is 24.2. The number of fused-ring (bicyclic) bond motifs is 1. The quantitative estimate of drug-likeness (QED) is 0.902. The van der Waals surface area contributed by atoms with Crippen LogP contribution in [0.1, 0.15) is 31.5 Å². The van der Waals surface area contributed by atoms with Crippen molar-refractivity contribution in [2.75, 3.05) is 39.8 Å². The molecule has 0 bridgehead atoms. The molecular formula is C17H28N4O2. The number of morpholine rings is 1. The predicted octanol–water partition coefficient (Wildman–Crippen LogP) is 1.08. The lowest BCUT2D eigenvalue weighted by Crippen LogP contribution is -2.50. The van der Waals surface area contributed by atoms with Crippen LogP contribution in [-0.2, 0) is 22.4 Å². The molecule has 1 atom stereocenters. The van der Waals surface area contributed by atoms with Crippen LogP contribution in [0.25, 0.3) is 0 Å². The molecular weight excluding hydrogens is 292 g/mol. The highest BCUT2D eigenvalue weighted by molar-refractivity contribution is 5.79. The van der Waals surface area contributed by atoms with Crippen molar-refractivity contribution in [1.82, 2.24) is 20.0 Å². The van der Waals surface area contributed by atoms with Crippen LogP contribution in [0.2, 0.25) is 0 Å². The predicted molar refractivity (Wildman–Crippen MR) is 88.2 cm³/mol. The van der Waals surface area contributed by atoms with Crippen LogP contribution in [0, 0.1) is 5.92 Å². The summed E-state index contributed by atoms with van der Waals surface area (Å²) in [7, 11) is 1.93. The summed E-state index contributed by atoms with van der Waals surface area (Å²) in [4.78, 5) is 17.0. The number of nitrogens with one attached hydrogen (secondary N) is 1. The second kappa shape index (κ2) is 6.61. The van der Waals surface area contributed by atoms with E-state index < -0.39 is 0 Å². The van der Waals surface area contributed by atoms with Crippen LogP contribution in [0.15, 0.2) is 6.20 Å². The third kappa shape index (κ3) is 3.93. The molecule has 1 aromatic rings.